The zero-order chi connectivity index (χ0) is 14.0. The summed E-state index contributed by atoms with van der Waals surface area (Å²) in [4.78, 5) is 2.57. The van der Waals surface area contributed by atoms with Crippen molar-refractivity contribution < 1.29 is 8.42 Å². The fourth-order valence-electron chi connectivity index (χ4n) is 2.63. The van der Waals surface area contributed by atoms with Crippen molar-refractivity contribution in [3.05, 3.63) is 42.6 Å². The SMILES string of the molecule is O=S(=O)(c1ccccc1)C1CCN(c2ccn[nH]2)CC1. The summed E-state index contributed by atoms with van der Waals surface area (Å²) in [5.74, 6) is 0.959. The summed E-state index contributed by atoms with van der Waals surface area (Å²) in [6.45, 7) is 1.47. The predicted molar refractivity (Wildman–Crippen MR) is 77.5 cm³/mol. The van der Waals surface area contributed by atoms with Gasteiger partial charge in [-0.3, -0.25) is 5.10 Å². The smallest absolute Gasteiger partial charge is 0.181 e. The Bertz CT molecular complexity index is 645. The molecule has 0 aliphatic carbocycles. The van der Waals surface area contributed by atoms with Crippen LogP contribution >= 0.6 is 0 Å². The Morgan fingerprint density at radius 1 is 1.10 bits per heavy atom. The van der Waals surface area contributed by atoms with Gasteiger partial charge in [-0.05, 0) is 25.0 Å². The van der Waals surface area contributed by atoms with Crippen LogP contribution in [-0.4, -0.2) is 37.0 Å². The standard InChI is InChI=1S/C14H17N3O2S/c18-20(19,12-4-2-1-3-5-12)13-7-10-17(11-8-13)14-6-9-15-16-14/h1-6,9,13H,7-8,10-11H2,(H,15,16). The minimum atomic E-state index is -3.21. The molecule has 0 amide bonds. The number of benzene rings is 1. The third-order valence-electron chi connectivity index (χ3n) is 3.78. The minimum Gasteiger partial charge on any atom is -0.357 e. The van der Waals surface area contributed by atoms with Crippen LogP contribution in [0, 0.1) is 0 Å². The maximum Gasteiger partial charge on any atom is 0.181 e. The summed E-state index contributed by atoms with van der Waals surface area (Å²) < 4.78 is 25.1. The zero-order valence-electron chi connectivity index (χ0n) is 11.1. The van der Waals surface area contributed by atoms with Crippen molar-refractivity contribution in [3.8, 4) is 0 Å². The highest BCUT2D eigenvalue weighted by Crippen LogP contribution is 2.26. The van der Waals surface area contributed by atoms with E-state index in [4.69, 9.17) is 0 Å². The third-order valence-corrected chi connectivity index (χ3v) is 6.06. The second-order valence-corrected chi connectivity index (χ2v) is 7.21. The number of rotatable bonds is 3. The molecule has 0 spiro atoms. The van der Waals surface area contributed by atoms with Crippen molar-refractivity contribution in [2.24, 2.45) is 0 Å². The molecule has 0 unspecified atom stereocenters. The second kappa shape index (κ2) is 5.28. The quantitative estimate of drug-likeness (QED) is 0.937. The van der Waals surface area contributed by atoms with Gasteiger partial charge in [0.2, 0.25) is 0 Å². The van der Waals surface area contributed by atoms with E-state index in [2.05, 4.69) is 15.1 Å². The Morgan fingerprint density at radius 3 is 2.40 bits per heavy atom. The van der Waals surface area contributed by atoms with Crippen LogP contribution < -0.4 is 4.90 Å². The van der Waals surface area contributed by atoms with Gasteiger partial charge >= 0.3 is 0 Å². The van der Waals surface area contributed by atoms with Crippen LogP contribution in [0.25, 0.3) is 0 Å². The normalized spacial score (nSPS) is 17.3. The summed E-state index contributed by atoms with van der Waals surface area (Å²) in [6, 6.07) is 10.6. The van der Waals surface area contributed by atoms with E-state index < -0.39 is 9.84 Å². The van der Waals surface area contributed by atoms with E-state index in [0.717, 1.165) is 18.9 Å². The number of nitrogens with zero attached hydrogens (tertiary/aromatic N) is 2. The fourth-order valence-corrected chi connectivity index (χ4v) is 4.39. The lowest BCUT2D eigenvalue weighted by Crippen LogP contribution is -2.39. The molecule has 1 aliphatic rings. The Balaban J connectivity index is 1.72. The second-order valence-electron chi connectivity index (χ2n) is 4.99. The molecule has 20 heavy (non-hydrogen) atoms. The molecule has 106 valence electrons. The number of piperidine rings is 1. The van der Waals surface area contributed by atoms with Crippen LogP contribution in [0.2, 0.25) is 0 Å². The molecule has 0 saturated carbocycles. The van der Waals surface area contributed by atoms with E-state index in [1.54, 1.807) is 30.5 Å². The van der Waals surface area contributed by atoms with Crippen LogP contribution in [0.4, 0.5) is 5.82 Å². The van der Waals surface area contributed by atoms with Gasteiger partial charge in [-0.2, -0.15) is 5.10 Å². The van der Waals surface area contributed by atoms with Gasteiger partial charge in [0.1, 0.15) is 5.82 Å². The van der Waals surface area contributed by atoms with E-state index in [1.165, 1.54) is 0 Å². The third kappa shape index (κ3) is 2.43. The van der Waals surface area contributed by atoms with Crippen molar-refractivity contribution >= 4 is 15.7 Å². The molecule has 2 aromatic rings. The number of hydrogen-bond donors (Lipinski definition) is 1. The lowest BCUT2D eigenvalue weighted by Gasteiger charge is -2.32. The van der Waals surface area contributed by atoms with Gasteiger partial charge in [0, 0.05) is 19.2 Å². The summed E-state index contributed by atoms with van der Waals surface area (Å²) in [7, 11) is -3.21. The molecule has 1 aliphatic heterocycles. The van der Waals surface area contributed by atoms with Gasteiger partial charge in [0.25, 0.3) is 0 Å². The molecule has 3 rings (SSSR count). The molecule has 1 saturated heterocycles. The van der Waals surface area contributed by atoms with Gasteiger partial charge in [0.15, 0.2) is 9.84 Å². The maximum atomic E-state index is 12.5. The van der Waals surface area contributed by atoms with Crippen molar-refractivity contribution in [3.63, 3.8) is 0 Å². The van der Waals surface area contributed by atoms with Gasteiger partial charge < -0.3 is 4.90 Å². The zero-order valence-corrected chi connectivity index (χ0v) is 11.9. The monoisotopic (exact) mass is 291 g/mol. The summed E-state index contributed by atoms with van der Waals surface area (Å²) in [5.41, 5.74) is 0. The molecule has 5 nitrogen and oxygen atoms in total. The van der Waals surface area contributed by atoms with E-state index in [1.807, 2.05) is 12.1 Å². The topological polar surface area (TPSA) is 66.1 Å². The molecule has 1 aromatic heterocycles. The number of aromatic amines is 1. The molecule has 0 atom stereocenters. The first kappa shape index (κ1) is 13.2. The van der Waals surface area contributed by atoms with Gasteiger partial charge in [-0.25, -0.2) is 8.42 Å². The fraction of sp³-hybridized carbons (Fsp3) is 0.357. The van der Waals surface area contributed by atoms with Gasteiger partial charge in [-0.15, -0.1) is 0 Å². The predicted octanol–water partition coefficient (Wildman–Crippen LogP) is 1.85. The molecule has 0 bridgehead atoms. The van der Waals surface area contributed by atoms with Gasteiger partial charge in [0.05, 0.1) is 16.3 Å². The summed E-state index contributed by atoms with van der Waals surface area (Å²) in [6.07, 6.45) is 3.01. The van der Waals surface area contributed by atoms with Crippen molar-refractivity contribution in [1.29, 1.82) is 0 Å². The van der Waals surface area contributed by atoms with Crippen LogP contribution in [0.3, 0.4) is 0 Å². The lowest BCUT2D eigenvalue weighted by atomic mass is 10.1. The Kier molecular flexibility index (Phi) is 3.48. The highest BCUT2D eigenvalue weighted by molar-refractivity contribution is 7.92. The van der Waals surface area contributed by atoms with Crippen molar-refractivity contribution in [2.45, 2.75) is 23.0 Å². The van der Waals surface area contributed by atoms with E-state index in [0.29, 0.717) is 17.7 Å². The molecular weight excluding hydrogens is 274 g/mol. The number of H-pyrrole nitrogens is 1. The largest absolute Gasteiger partial charge is 0.357 e. The van der Waals surface area contributed by atoms with Crippen molar-refractivity contribution in [2.75, 3.05) is 18.0 Å². The lowest BCUT2D eigenvalue weighted by molar-refractivity contribution is 0.528. The first-order valence-electron chi connectivity index (χ1n) is 6.71. The van der Waals surface area contributed by atoms with E-state index in [9.17, 15) is 8.42 Å². The first-order valence-corrected chi connectivity index (χ1v) is 8.26. The molecule has 0 radical (unpaired) electrons. The van der Waals surface area contributed by atoms with E-state index in [-0.39, 0.29) is 5.25 Å². The molecular formula is C14H17N3O2S. The number of nitrogens with one attached hydrogen (secondary N) is 1. The molecule has 6 heteroatoms. The molecule has 1 fully saturated rings. The Morgan fingerprint density at radius 2 is 1.80 bits per heavy atom. The molecule has 1 N–H and O–H groups in total. The molecule has 2 heterocycles. The van der Waals surface area contributed by atoms with E-state index >= 15 is 0 Å². The number of aromatic nitrogens is 2. The number of hydrogen-bond acceptors (Lipinski definition) is 4. The van der Waals surface area contributed by atoms with Crippen LogP contribution in [0.15, 0.2) is 47.5 Å². The molecule has 1 aromatic carbocycles. The van der Waals surface area contributed by atoms with Crippen LogP contribution in [0.1, 0.15) is 12.8 Å². The Labute approximate surface area is 118 Å². The number of sulfone groups is 1. The van der Waals surface area contributed by atoms with Crippen LogP contribution in [0.5, 0.6) is 0 Å². The summed E-state index contributed by atoms with van der Waals surface area (Å²) >= 11 is 0. The maximum absolute atomic E-state index is 12.5. The first-order chi connectivity index (χ1) is 9.68. The van der Waals surface area contributed by atoms with Crippen LogP contribution in [-0.2, 0) is 9.84 Å². The average molecular weight is 291 g/mol. The average Bonchev–Trinajstić information content (AvgIpc) is 3.02. The Hall–Kier alpha value is -1.82. The number of anilines is 1. The summed E-state index contributed by atoms with van der Waals surface area (Å²) in [5, 5.41) is 6.56. The van der Waals surface area contributed by atoms with Gasteiger partial charge in [-0.1, -0.05) is 18.2 Å². The minimum absolute atomic E-state index is 0.288. The highest BCUT2D eigenvalue weighted by atomic mass is 32.2. The highest BCUT2D eigenvalue weighted by Gasteiger charge is 2.31. The van der Waals surface area contributed by atoms with Crippen molar-refractivity contribution in [1.82, 2.24) is 10.2 Å².